The molecule has 1 atom stereocenters. The summed E-state index contributed by atoms with van der Waals surface area (Å²) < 4.78 is 3.70. The van der Waals surface area contributed by atoms with E-state index in [-0.39, 0.29) is 6.04 Å². The van der Waals surface area contributed by atoms with Gasteiger partial charge in [-0.3, -0.25) is 4.68 Å². The Morgan fingerprint density at radius 2 is 2.19 bits per heavy atom. The van der Waals surface area contributed by atoms with Crippen molar-refractivity contribution in [3.05, 3.63) is 59.9 Å². The highest BCUT2D eigenvalue weighted by Crippen LogP contribution is 2.30. The molecule has 0 saturated carbocycles. The van der Waals surface area contributed by atoms with Crippen LogP contribution in [0.2, 0.25) is 5.02 Å². The lowest BCUT2D eigenvalue weighted by molar-refractivity contribution is 0.765. The Labute approximate surface area is 128 Å². The first kappa shape index (κ1) is 13.7. The van der Waals surface area contributed by atoms with E-state index in [4.69, 9.17) is 11.6 Å². The number of nitrogens with zero attached hydrogens (tertiary/aromatic N) is 4. The lowest BCUT2D eigenvalue weighted by Crippen LogP contribution is -2.09. The number of hydrogen-bond acceptors (Lipinski definition) is 3. The number of nitrogens with one attached hydrogen (secondary N) is 1. The van der Waals surface area contributed by atoms with Crippen molar-refractivity contribution in [1.82, 2.24) is 19.3 Å². The van der Waals surface area contributed by atoms with Crippen molar-refractivity contribution in [2.45, 2.75) is 13.0 Å². The van der Waals surface area contributed by atoms with Crippen molar-refractivity contribution in [2.75, 3.05) is 5.32 Å². The van der Waals surface area contributed by atoms with Gasteiger partial charge in [0.05, 0.1) is 35.0 Å². The summed E-state index contributed by atoms with van der Waals surface area (Å²) in [7, 11) is 1.91. The van der Waals surface area contributed by atoms with Gasteiger partial charge in [-0.15, -0.1) is 0 Å². The van der Waals surface area contributed by atoms with E-state index in [1.54, 1.807) is 17.2 Å². The molecule has 2 heterocycles. The molecular formula is C15H16ClN5. The van der Waals surface area contributed by atoms with Crippen LogP contribution < -0.4 is 5.32 Å². The highest BCUT2D eigenvalue weighted by molar-refractivity contribution is 6.33. The fourth-order valence-electron chi connectivity index (χ4n) is 2.27. The Bertz CT molecular complexity index is 732. The highest BCUT2D eigenvalue weighted by atomic mass is 35.5. The number of anilines is 1. The second kappa shape index (κ2) is 5.61. The summed E-state index contributed by atoms with van der Waals surface area (Å²) in [5, 5.41) is 8.36. The van der Waals surface area contributed by atoms with Crippen molar-refractivity contribution in [2.24, 2.45) is 7.05 Å². The smallest absolute Gasteiger partial charge is 0.0992 e. The van der Waals surface area contributed by atoms with Crippen LogP contribution in [0, 0.1) is 0 Å². The molecule has 0 amide bonds. The zero-order valence-electron chi connectivity index (χ0n) is 11.9. The van der Waals surface area contributed by atoms with E-state index in [1.165, 1.54) is 0 Å². The SMILES string of the molecule is CC(Nc1cccc(Cl)c1-n1ccnc1)c1cnn(C)c1. The monoisotopic (exact) mass is 301 g/mol. The number of rotatable bonds is 4. The van der Waals surface area contributed by atoms with Crippen LogP contribution in [0.25, 0.3) is 5.69 Å². The van der Waals surface area contributed by atoms with Crippen LogP contribution in [0.15, 0.2) is 49.3 Å². The molecule has 0 fully saturated rings. The van der Waals surface area contributed by atoms with Crippen LogP contribution >= 0.6 is 11.6 Å². The maximum atomic E-state index is 6.35. The zero-order chi connectivity index (χ0) is 14.8. The average molecular weight is 302 g/mol. The molecule has 108 valence electrons. The number of aryl methyl sites for hydroxylation is 1. The van der Waals surface area contributed by atoms with Gasteiger partial charge in [0.2, 0.25) is 0 Å². The van der Waals surface area contributed by atoms with Gasteiger partial charge >= 0.3 is 0 Å². The molecular weight excluding hydrogens is 286 g/mol. The first-order chi connectivity index (χ1) is 10.1. The van der Waals surface area contributed by atoms with Crippen LogP contribution in [0.4, 0.5) is 5.69 Å². The lowest BCUT2D eigenvalue weighted by Gasteiger charge is -2.18. The van der Waals surface area contributed by atoms with E-state index in [2.05, 4.69) is 22.3 Å². The van der Waals surface area contributed by atoms with E-state index in [0.29, 0.717) is 5.02 Å². The minimum absolute atomic E-state index is 0.124. The summed E-state index contributed by atoms with van der Waals surface area (Å²) in [6.45, 7) is 2.09. The summed E-state index contributed by atoms with van der Waals surface area (Å²) >= 11 is 6.35. The van der Waals surface area contributed by atoms with Gasteiger partial charge in [0.1, 0.15) is 0 Å². The van der Waals surface area contributed by atoms with Crippen molar-refractivity contribution in [3.8, 4) is 5.69 Å². The second-order valence-electron chi connectivity index (χ2n) is 4.92. The molecule has 1 unspecified atom stereocenters. The van der Waals surface area contributed by atoms with Crippen molar-refractivity contribution in [1.29, 1.82) is 0 Å². The predicted octanol–water partition coefficient (Wildman–Crippen LogP) is 3.43. The molecule has 21 heavy (non-hydrogen) atoms. The number of imidazole rings is 1. The zero-order valence-corrected chi connectivity index (χ0v) is 12.6. The molecule has 3 rings (SSSR count). The molecule has 0 aliphatic rings. The molecule has 0 bridgehead atoms. The number of para-hydroxylation sites is 1. The standard InChI is InChI=1S/C15H16ClN5/c1-11(12-8-18-20(2)9-12)19-14-5-3-4-13(16)15(14)21-7-6-17-10-21/h3-11,19H,1-2H3. The summed E-state index contributed by atoms with van der Waals surface area (Å²) in [5.41, 5.74) is 2.97. The Morgan fingerprint density at radius 1 is 1.33 bits per heavy atom. The summed E-state index contributed by atoms with van der Waals surface area (Å²) in [6, 6.07) is 5.94. The maximum absolute atomic E-state index is 6.35. The van der Waals surface area contributed by atoms with Gasteiger partial charge in [-0.25, -0.2) is 4.98 Å². The van der Waals surface area contributed by atoms with E-state index in [9.17, 15) is 0 Å². The van der Waals surface area contributed by atoms with Gasteiger partial charge in [0.15, 0.2) is 0 Å². The Hall–Kier alpha value is -2.27. The third-order valence-corrected chi connectivity index (χ3v) is 3.65. The van der Waals surface area contributed by atoms with Gasteiger partial charge in [0, 0.05) is 31.2 Å². The molecule has 1 aromatic carbocycles. The van der Waals surface area contributed by atoms with Crippen LogP contribution in [0.1, 0.15) is 18.5 Å². The Kier molecular flexibility index (Phi) is 3.66. The number of hydrogen-bond donors (Lipinski definition) is 1. The molecule has 1 N–H and O–H groups in total. The van der Waals surface area contributed by atoms with Gasteiger partial charge < -0.3 is 9.88 Å². The van der Waals surface area contributed by atoms with E-state index in [1.807, 2.05) is 48.4 Å². The number of halogens is 1. The normalized spacial score (nSPS) is 12.3. The predicted molar refractivity (Wildman–Crippen MR) is 83.8 cm³/mol. The third-order valence-electron chi connectivity index (χ3n) is 3.35. The molecule has 0 saturated heterocycles. The molecule has 6 heteroatoms. The van der Waals surface area contributed by atoms with Crippen LogP contribution in [0.3, 0.4) is 0 Å². The number of aromatic nitrogens is 4. The Morgan fingerprint density at radius 3 is 2.86 bits per heavy atom. The largest absolute Gasteiger partial charge is 0.377 e. The molecule has 0 spiro atoms. The maximum Gasteiger partial charge on any atom is 0.0992 e. The molecule has 3 aromatic rings. The number of benzene rings is 1. The average Bonchev–Trinajstić information content (AvgIpc) is 3.10. The Balaban J connectivity index is 1.94. The first-order valence-corrected chi connectivity index (χ1v) is 7.05. The molecule has 0 radical (unpaired) electrons. The molecule has 0 aliphatic carbocycles. The minimum Gasteiger partial charge on any atom is -0.377 e. The van der Waals surface area contributed by atoms with Gasteiger partial charge in [-0.1, -0.05) is 17.7 Å². The summed E-state index contributed by atoms with van der Waals surface area (Å²) in [5.74, 6) is 0. The van der Waals surface area contributed by atoms with E-state index >= 15 is 0 Å². The topological polar surface area (TPSA) is 47.7 Å². The fourth-order valence-corrected chi connectivity index (χ4v) is 2.54. The minimum atomic E-state index is 0.124. The van der Waals surface area contributed by atoms with Crippen LogP contribution in [0.5, 0.6) is 0 Å². The summed E-state index contributed by atoms with van der Waals surface area (Å²) in [6.07, 6.45) is 9.21. The fraction of sp³-hybridized carbons (Fsp3) is 0.200. The quantitative estimate of drug-likeness (QED) is 0.803. The van der Waals surface area contributed by atoms with Gasteiger partial charge in [0.25, 0.3) is 0 Å². The van der Waals surface area contributed by atoms with Crippen LogP contribution in [-0.2, 0) is 7.05 Å². The van der Waals surface area contributed by atoms with E-state index in [0.717, 1.165) is 16.9 Å². The van der Waals surface area contributed by atoms with Gasteiger partial charge in [-0.05, 0) is 19.1 Å². The summed E-state index contributed by atoms with van der Waals surface area (Å²) in [4.78, 5) is 4.08. The van der Waals surface area contributed by atoms with Crippen LogP contribution in [-0.4, -0.2) is 19.3 Å². The van der Waals surface area contributed by atoms with E-state index < -0.39 is 0 Å². The first-order valence-electron chi connectivity index (χ1n) is 6.67. The molecule has 5 nitrogen and oxygen atoms in total. The second-order valence-corrected chi connectivity index (χ2v) is 5.33. The third kappa shape index (κ3) is 2.78. The van der Waals surface area contributed by atoms with Crippen molar-refractivity contribution in [3.63, 3.8) is 0 Å². The van der Waals surface area contributed by atoms with Crippen molar-refractivity contribution < 1.29 is 0 Å². The molecule has 2 aromatic heterocycles. The molecule has 0 aliphatic heterocycles. The highest BCUT2D eigenvalue weighted by Gasteiger charge is 2.13. The lowest BCUT2D eigenvalue weighted by atomic mass is 10.1. The van der Waals surface area contributed by atoms with Gasteiger partial charge in [-0.2, -0.15) is 5.10 Å². The van der Waals surface area contributed by atoms with Crippen molar-refractivity contribution >= 4 is 17.3 Å².